The molecule has 0 N–H and O–H groups in total. The minimum atomic E-state index is -1.21. The Morgan fingerprint density at radius 2 is 1.38 bits per heavy atom. The van der Waals surface area contributed by atoms with Crippen molar-refractivity contribution < 1.29 is 0 Å². The molecule has 5 saturated carbocycles. The van der Waals surface area contributed by atoms with E-state index in [1.807, 2.05) is 0 Å². The maximum atomic E-state index is 2.91. The highest BCUT2D eigenvalue weighted by Gasteiger charge is 2.58. The Kier molecular flexibility index (Phi) is 6.03. The molecule has 0 heterocycles. The minimum absolute atomic E-state index is 0.992. The van der Waals surface area contributed by atoms with Gasteiger partial charge in [0, 0.05) is 0 Å². The lowest BCUT2D eigenvalue weighted by atomic mass is 9.67. The van der Waals surface area contributed by atoms with Gasteiger partial charge < -0.3 is 0 Å². The molecule has 0 saturated heterocycles. The first-order valence-electron chi connectivity index (χ1n) is 14.0. The van der Waals surface area contributed by atoms with Crippen molar-refractivity contribution in [2.24, 2.45) is 47.3 Å². The Labute approximate surface area is 183 Å². The standard InChI is InChI=1S/C28H50Si/c1-5-9-19(2)24-18-28(26-17-22-12-8-11-21(22)16-25(24)26)29(3,4)27-15-14-20-10-6-7-13-23(20)27/h19-28H,5-18H2,1-4H3. The van der Waals surface area contributed by atoms with E-state index in [4.69, 9.17) is 0 Å². The van der Waals surface area contributed by atoms with Crippen molar-refractivity contribution >= 4 is 8.07 Å². The molecule has 1 heteroatoms. The largest absolute Gasteiger partial charge is 0.0689 e. The normalized spacial score (nSPS) is 48.2. The molecule has 5 fully saturated rings. The van der Waals surface area contributed by atoms with Gasteiger partial charge in [0.25, 0.3) is 0 Å². The highest BCUT2D eigenvalue weighted by molar-refractivity contribution is 6.80. The first kappa shape index (κ1) is 21.1. The van der Waals surface area contributed by atoms with Crippen LogP contribution in [-0.4, -0.2) is 8.07 Å². The Morgan fingerprint density at radius 1 is 0.690 bits per heavy atom. The second-order valence-electron chi connectivity index (χ2n) is 13.2. The molecule has 10 unspecified atom stereocenters. The van der Waals surface area contributed by atoms with Gasteiger partial charge in [-0.15, -0.1) is 0 Å². The quantitative estimate of drug-likeness (QED) is 0.394. The topological polar surface area (TPSA) is 0 Å². The van der Waals surface area contributed by atoms with Crippen LogP contribution in [0.5, 0.6) is 0 Å². The van der Waals surface area contributed by atoms with Crippen LogP contribution in [0.4, 0.5) is 0 Å². The fraction of sp³-hybridized carbons (Fsp3) is 1.00. The molecule has 0 aromatic carbocycles. The molecular weight excluding hydrogens is 364 g/mol. The molecule has 0 amide bonds. The van der Waals surface area contributed by atoms with E-state index < -0.39 is 8.07 Å². The summed E-state index contributed by atoms with van der Waals surface area (Å²) in [6.07, 6.45) is 22.1. The van der Waals surface area contributed by atoms with E-state index in [-0.39, 0.29) is 0 Å². The van der Waals surface area contributed by atoms with Crippen LogP contribution >= 0.6 is 0 Å². The molecule has 5 aliphatic carbocycles. The molecule has 166 valence electrons. The van der Waals surface area contributed by atoms with Gasteiger partial charge in [-0.05, 0) is 77.7 Å². The van der Waals surface area contributed by atoms with E-state index in [9.17, 15) is 0 Å². The third-order valence-electron chi connectivity index (χ3n) is 11.8. The van der Waals surface area contributed by atoms with Crippen molar-refractivity contribution in [3.05, 3.63) is 0 Å². The van der Waals surface area contributed by atoms with Crippen LogP contribution in [0.2, 0.25) is 24.2 Å². The molecule has 0 aromatic heterocycles. The number of hydrogen-bond donors (Lipinski definition) is 0. The zero-order valence-electron chi connectivity index (χ0n) is 20.2. The molecule has 5 rings (SSSR count). The van der Waals surface area contributed by atoms with E-state index in [1.54, 1.807) is 77.0 Å². The van der Waals surface area contributed by atoms with Crippen LogP contribution in [0.1, 0.15) is 104 Å². The molecular formula is C28H50Si. The summed E-state index contributed by atoms with van der Waals surface area (Å²) in [6.45, 7) is 10.9. The summed E-state index contributed by atoms with van der Waals surface area (Å²) >= 11 is 0. The minimum Gasteiger partial charge on any atom is -0.0689 e. The van der Waals surface area contributed by atoms with Gasteiger partial charge in [0.1, 0.15) is 0 Å². The summed E-state index contributed by atoms with van der Waals surface area (Å²) in [5, 5.41) is 0. The van der Waals surface area contributed by atoms with Crippen molar-refractivity contribution in [2.45, 2.75) is 128 Å². The first-order valence-corrected chi connectivity index (χ1v) is 17.2. The molecule has 5 aliphatic rings. The predicted molar refractivity (Wildman–Crippen MR) is 129 cm³/mol. The van der Waals surface area contributed by atoms with Crippen LogP contribution < -0.4 is 0 Å². The SMILES string of the molecule is CCCC(C)C1CC([Si](C)(C)C2CCC3CCCCC32)C2CC3CCCC3CC12. The summed E-state index contributed by atoms with van der Waals surface area (Å²) in [5.41, 5.74) is 2.35. The lowest BCUT2D eigenvalue weighted by Gasteiger charge is -2.46. The van der Waals surface area contributed by atoms with Gasteiger partial charge in [-0.3, -0.25) is 0 Å². The van der Waals surface area contributed by atoms with Crippen LogP contribution in [-0.2, 0) is 0 Å². The van der Waals surface area contributed by atoms with E-state index in [0.29, 0.717) is 0 Å². The van der Waals surface area contributed by atoms with E-state index in [0.717, 1.165) is 47.3 Å². The number of rotatable bonds is 5. The molecule has 0 radical (unpaired) electrons. The van der Waals surface area contributed by atoms with E-state index >= 15 is 0 Å². The van der Waals surface area contributed by atoms with Crippen LogP contribution in [0.3, 0.4) is 0 Å². The maximum absolute atomic E-state index is 2.91. The van der Waals surface area contributed by atoms with Gasteiger partial charge in [0.15, 0.2) is 0 Å². The van der Waals surface area contributed by atoms with Crippen molar-refractivity contribution in [1.82, 2.24) is 0 Å². The predicted octanol–water partition coefficient (Wildman–Crippen LogP) is 8.93. The average molecular weight is 415 g/mol. The van der Waals surface area contributed by atoms with Gasteiger partial charge in [-0.2, -0.15) is 0 Å². The van der Waals surface area contributed by atoms with Crippen LogP contribution in [0.15, 0.2) is 0 Å². The smallest absolute Gasteiger partial charge is 0.0541 e. The van der Waals surface area contributed by atoms with Gasteiger partial charge in [-0.25, -0.2) is 0 Å². The first-order chi connectivity index (χ1) is 14.0. The Hall–Kier alpha value is 0.217. The summed E-state index contributed by atoms with van der Waals surface area (Å²) in [4.78, 5) is 0. The average Bonchev–Trinajstić information content (AvgIpc) is 3.42. The molecule has 10 atom stereocenters. The second kappa shape index (κ2) is 8.29. The Bertz CT molecular complexity index is 567. The highest BCUT2D eigenvalue weighted by Crippen LogP contribution is 2.66. The Balaban J connectivity index is 1.40. The van der Waals surface area contributed by atoms with E-state index in [2.05, 4.69) is 26.9 Å². The fourth-order valence-electron chi connectivity index (χ4n) is 10.5. The lowest BCUT2D eigenvalue weighted by Crippen LogP contribution is -2.44. The summed E-state index contributed by atoms with van der Waals surface area (Å²) in [6, 6.07) is 0. The number of hydrogen-bond acceptors (Lipinski definition) is 0. The molecule has 0 bridgehead atoms. The highest BCUT2D eigenvalue weighted by atomic mass is 28.3. The summed E-state index contributed by atoms with van der Waals surface area (Å²) in [7, 11) is -1.21. The van der Waals surface area contributed by atoms with Crippen molar-refractivity contribution in [3.8, 4) is 0 Å². The second-order valence-corrected chi connectivity index (χ2v) is 18.4. The van der Waals surface area contributed by atoms with Crippen molar-refractivity contribution in [2.75, 3.05) is 0 Å². The Morgan fingerprint density at radius 3 is 2.14 bits per heavy atom. The lowest BCUT2D eigenvalue weighted by molar-refractivity contribution is 0.108. The van der Waals surface area contributed by atoms with Gasteiger partial charge >= 0.3 is 0 Å². The molecule has 0 spiro atoms. The molecule has 0 aliphatic heterocycles. The van der Waals surface area contributed by atoms with Gasteiger partial charge in [0.2, 0.25) is 0 Å². The van der Waals surface area contributed by atoms with Crippen LogP contribution in [0, 0.1) is 47.3 Å². The maximum Gasteiger partial charge on any atom is 0.0541 e. The van der Waals surface area contributed by atoms with E-state index in [1.165, 1.54) is 23.9 Å². The third kappa shape index (κ3) is 3.62. The molecule has 0 aromatic rings. The van der Waals surface area contributed by atoms with Gasteiger partial charge in [-0.1, -0.05) is 97.6 Å². The monoisotopic (exact) mass is 414 g/mol. The van der Waals surface area contributed by atoms with Gasteiger partial charge in [0.05, 0.1) is 8.07 Å². The third-order valence-corrected chi connectivity index (χ3v) is 17.0. The summed E-state index contributed by atoms with van der Waals surface area (Å²) < 4.78 is 0. The zero-order chi connectivity index (χ0) is 20.2. The molecule has 29 heavy (non-hydrogen) atoms. The summed E-state index contributed by atoms with van der Waals surface area (Å²) in [5.74, 6) is 8.89. The van der Waals surface area contributed by atoms with Crippen LogP contribution in [0.25, 0.3) is 0 Å². The molecule has 0 nitrogen and oxygen atoms in total. The van der Waals surface area contributed by atoms with Crippen molar-refractivity contribution in [1.29, 1.82) is 0 Å². The number of fused-ring (bicyclic) bond motifs is 3. The zero-order valence-corrected chi connectivity index (χ0v) is 21.2. The van der Waals surface area contributed by atoms with Crippen molar-refractivity contribution in [3.63, 3.8) is 0 Å². The fourth-order valence-corrected chi connectivity index (χ4v) is 15.9.